The number of aryl methyl sites for hydroxylation is 2. The van der Waals surface area contributed by atoms with Gasteiger partial charge in [0.05, 0.1) is 11.4 Å². The number of hydrogen-bond acceptors (Lipinski definition) is 4. The average molecular weight is 378 g/mol. The molecule has 1 aliphatic heterocycles. The Labute approximate surface area is 161 Å². The summed E-state index contributed by atoms with van der Waals surface area (Å²) in [6.45, 7) is 3.86. The highest BCUT2D eigenvalue weighted by molar-refractivity contribution is 6.31. The van der Waals surface area contributed by atoms with Crippen molar-refractivity contribution >= 4 is 29.5 Å². The number of carbonyl (C=O) groups excluding carboxylic acids is 1. The van der Waals surface area contributed by atoms with Crippen LogP contribution in [0.4, 0.5) is 0 Å². The number of cyclic esters (lactones) is 1. The van der Waals surface area contributed by atoms with E-state index in [-0.39, 0.29) is 11.6 Å². The van der Waals surface area contributed by atoms with Crippen LogP contribution < -0.4 is 0 Å². The predicted molar refractivity (Wildman–Crippen MR) is 105 cm³/mol. The maximum Gasteiger partial charge on any atom is 0.363 e. The van der Waals surface area contributed by atoms with E-state index in [1.54, 1.807) is 10.8 Å². The quantitative estimate of drug-likeness (QED) is 0.499. The summed E-state index contributed by atoms with van der Waals surface area (Å²) in [5.41, 5.74) is 4.28. The minimum absolute atomic E-state index is 0.197. The van der Waals surface area contributed by atoms with E-state index in [1.807, 2.05) is 68.4 Å². The number of carbonyl (C=O) groups is 1. The first-order chi connectivity index (χ1) is 13.0. The van der Waals surface area contributed by atoms with Gasteiger partial charge in [-0.05, 0) is 44.2 Å². The van der Waals surface area contributed by atoms with Crippen LogP contribution in [0.1, 0.15) is 22.4 Å². The van der Waals surface area contributed by atoms with E-state index >= 15 is 0 Å². The first kappa shape index (κ1) is 17.2. The van der Waals surface area contributed by atoms with E-state index in [0.29, 0.717) is 16.4 Å². The molecule has 0 atom stereocenters. The Balaban J connectivity index is 1.73. The lowest BCUT2D eigenvalue weighted by Crippen LogP contribution is -2.04. The summed E-state index contributed by atoms with van der Waals surface area (Å²) in [4.78, 5) is 16.5. The summed E-state index contributed by atoms with van der Waals surface area (Å²) < 4.78 is 6.93. The highest BCUT2D eigenvalue weighted by Crippen LogP contribution is 2.28. The number of hydrogen-bond donors (Lipinski definition) is 0. The third-order valence-corrected chi connectivity index (χ3v) is 4.61. The number of esters is 1. The van der Waals surface area contributed by atoms with Gasteiger partial charge in [-0.25, -0.2) is 14.5 Å². The Morgan fingerprint density at radius 2 is 1.74 bits per heavy atom. The minimum atomic E-state index is -0.507. The van der Waals surface area contributed by atoms with Gasteiger partial charge in [0, 0.05) is 11.1 Å². The van der Waals surface area contributed by atoms with Crippen molar-refractivity contribution in [1.29, 1.82) is 0 Å². The van der Waals surface area contributed by atoms with Crippen molar-refractivity contribution < 1.29 is 9.53 Å². The summed E-state index contributed by atoms with van der Waals surface area (Å²) in [5.74, 6) is -0.223. The molecule has 0 bridgehead atoms. The molecule has 0 aliphatic carbocycles. The van der Waals surface area contributed by atoms with E-state index < -0.39 is 5.97 Å². The van der Waals surface area contributed by atoms with E-state index in [2.05, 4.69) is 10.1 Å². The SMILES string of the molecule is Cc1ccc(-n2nc(C)c(/C=C3\N=C(c4ccccc4)OC3=O)c2Cl)cc1. The number of aromatic nitrogens is 2. The molecule has 1 aliphatic rings. The van der Waals surface area contributed by atoms with Gasteiger partial charge in [0.15, 0.2) is 5.70 Å². The molecule has 0 amide bonds. The lowest BCUT2D eigenvalue weighted by atomic mass is 10.2. The topological polar surface area (TPSA) is 56.5 Å². The smallest absolute Gasteiger partial charge is 0.363 e. The molecular formula is C21H16ClN3O2. The molecule has 5 nitrogen and oxygen atoms in total. The summed E-state index contributed by atoms with van der Waals surface area (Å²) >= 11 is 6.54. The van der Waals surface area contributed by atoms with Crippen LogP contribution in [0.2, 0.25) is 5.15 Å². The molecular weight excluding hydrogens is 362 g/mol. The molecule has 0 fully saturated rings. The van der Waals surface area contributed by atoms with Gasteiger partial charge in [-0.1, -0.05) is 47.5 Å². The molecule has 0 unspecified atom stereocenters. The van der Waals surface area contributed by atoms with Crippen LogP contribution in [-0.2, 0) is 9.53 Å². The van der Waals surface area contributed by atoms with E-state index in [0.717, 1.165) is 16.8 Å². The second-order valence-electron chi connectivity index (χ2n) is 6.24. The minimum Gasteiger partial charge on any atom is -0.402 e. The number of ether oxygens (including phenoxy) is 1. The van der Waals surface area contributed by atoms with E-state index in [1.165, 1.54) is 0 Å². The zero-order valence-corrected chi connectivity index (χ0v) is 15.6. The Morgan fingerprint density at radius 1 is 1.04 bits per heavy atom. The highest BCUT2D eigenvalue weighted by Gasteiger charge is 2.25. The molecule has 1 aromatic heterocycles. The Bertz CT molecular complexity index is 1080. The van der Waals surface area contributed by atoms with Crippen molar-refractivity contribution in [1.82, 2.24) is 9.78 Å². The van der Waals surface area contributed by atoms with Gasteiger partial charge in [-0.15, -0.1) is 0 Å². The van der Waals surface area contributed by atoms with Crippen LogP contribution in [0.15, 0.2) is 65.3 Å². The van der Waals surface area contributed by atoms with Crippen molar-refractivity contribution in [2.24, 2.45) is 4.99 Å². The first-order valence-corrected chi connectivity index (χ1v) is 8.81. The second kappa shape index (κ2) is 6.85. The van der Waals surface area contributed by atoms with Crippen LogP contribution in [0.3, 0.4) is 0 Å². The summed E-state index contributed by atoms with van der Waals surface area (Å²) in [6, 6.07) is 17.2. The molecule has 0 N–H and O–H groups in total. The number of aliphatic imine (C=N–C) groups is 1. The molecule has 27 heavy (non-hydrogen) atoms. The van der Waals surface area contributed by atoms with Crippen molar-refractivity contribution in [3.05, 3.63) is 87.8 Å². The molecule has 0 radical (unpaired) electrons. The monoisotopic (exact) mass is 377 g/mol. The van der Waals surface area contributed by atoms with Crippen molar-refractivity contribution in [2.75, 3.05) is 0 Å². The number of nitrogens with zero attached hydrogens (tertiary/aromatic N) is 3. The van der Waals surface area contributed by atoms with Gasteiger partial charge in [0.25, 0.3) is 0 Å². The molecule has 0 spiro atoms. The molecule has 2 aromatic carbocycles. The molecule has 6 heteroatoms. The van der Waals surface area contributed by atoms with Crippen LogP contribution in [-0.4, -0.2) is 21.6 Å². The third kappa shape index (κ3) is 3.29. The number of benzene rings is 2. The fraction of sp³-hybridized carbons (Fsp3) is 0.0952. The van der Waals surface area contributed by atoms with Gasteiger partial charge < -0.3 is 4.74 Å². The average Bonchev–Trinajstić information content (AvgIpc) is 3.18. The Morgan fingerprint density at radius 3 is 2.44 bits per heavy atom. The summed E-state index contributed by atoms with van der Waals surface area (Å²) in [5, 5.41) is 4.91. The Kier molecular flexibility index (Phi) is 4.38. The largest absolute Gasteiger partial charge is 0.402 e. The van der Waals surface area contributed by atoms with Crippen LogP contribution in [0.25, 0.3) is 11.8 Å². The first-order valence-electron chi connectivity index (χ1n) is 8.43. The molecule has 0 saturated heterocycles. The summed E-state index contributed by atoms with van der Waals surface area (Å²) in [7, 11) is 0. The fourth-order valence-electron chi connectivity index (χ4n) is 2.78. The Hall–Kier alpha value is -3.18. The molecule has 2 heterocycles. The van der Waals surface area contributed by atoms with Crippen molar-refractivity contribution in [3.63, 3.8) is 0 Å². The van der Waals surface area contributed by atoms with Crippen LogP contribution in [0, 0.1) is 13.8 Å². The molecule has 0 saturated carbocycles. The summed E-state index contributed by atoms with van der Waals surface area (Å²) in [6.07, 6.45) is 1.62. The van der Waals surface area contributed by atoms with Gasteiger partial charge in [0.1, 0.15) is 5.15 Å². The van der Waals surface area contributed by atoms with Crippen molar-refractivity contribution in [2.45, 2.75) is 13.8 Å². The zero-order chi connectivity index (χ0) is 19.0. The van der Waals surface area contributed by atoms with Crippen LogP contribution >= 0.6 is 11.6 Å². The van der Waals surface area contributed by atoms with E-state index in [9.17, 15) is 4.79 Å². The number of halogens is 1. The van der Waals surface area contributed by atoms with Crippen LogP contribution in [0.5, 0.6) is 0 Å². The van der Waals surface area contributed by atoms with Gasteiger partial charge in [-0.2, -0.15) is 5.10 Å². The predicted octanol–water partition coefficient (Wildman–Crippen LogP) is 4.49. The highest BCUT2D eigenvalue weighted by atomic mass is 35.5. The second-order valence-corrected chi connectivity index (χ2v) is 6.60. The molecule has 4 rings (SSSR count). The molecule has 3 aromatic rings. The lowest BCUT2D eigenvalue weighted by molar-refractivity contribution is -0.129. The van der Waals surface area contributed by atoms with Crippen molar-refractivity contribution in [3.8, 4) is 5.69 Å². The van der Waals surface area contributed by atoms with E-state index in [4.69, 9.17) is 16.3 Å². The molecule has 134 valence electrons. The lowest BCUT2D eigenvalue weighted by Gasteiger charge is -2.03. The standard InChI is InChI=1S/C21H16ClN3O2/c1-13-8-10-16(11-9-13)25-19(22)17(14(2)24-25)12-18-21(26)27-20(23-18)15-6-4-3-5-7-15/h3-12H,1-2H3/b18-12-. The number of rotatable bonds is 3. The third-order valence-electron chi connectivity index (χ3n) is 4.25. The van der Waals surface area contributed by atoms with Gasteiger partial charge in [-0.3, -0.25) is 0 Å². The zero-order valence-electron chi connectivity index (χ0n) is 14.8. The van der Waals surface area contributed by atoms with Gasteiger partial charge >= 0.3 is 5.97 Å². The maximum atomic E-state index is 12.2. The maximum absolute atomic E-state index is 12.2. The normalized spacial score (nSPS) is 15.1. The fourth-order valence-corrected chi connectivity index (χ4v) is 3.11. The van der Waals surface area contributed by atoms with Gasteiger partial charge in [0.2, 0.25) is 5.90 Å².